The van der Waals surface area contributed by atoms with E-state index in [9.17, 15) is 15.2 Å². The van der Waals surface area contributed by atoms with E-state index in [1.54, 1.807) is 0 Å². The zero-order chi connectivity index (χ0) is 15.8. The van der Waals surface area contributed by atoms with Crippen LogP contribution < -0.4 is 5.32 Å². The Labute approximate surface area is 130 Å². The summed E-state index contributed by atoms with van der Waals surface area (Å²) in [5.41, 5.74) is 1.93. The summed E-state index contributed by atoms with van der Waals surface area (Å²) in [6.45, 7) is 0. The number of nitrogens with zero attached hydrogens (tertiary/aromatic N) is 1. The number of carbonyl (C=O) groups is 1. The SMILES string of the molecule is N#CC(Cc1ccccc1)N[C@@H](Cc1ccccc1)C(=O)O. The van der Waals surface area contributed by atoms with Crippen molar-refractivity contribution < 1.29 is 9.90 Å². The molecule has 2 atom stereocenters. The number of nitrogens with one attached hydrogen (secondary N) is 1. The molecule has 2 aromatic rings. The van der Waals surface area contributed by atoms with Gasteiger partial charge in [0.25, 0.3) is 0 Å². The summed E-state index contributed by atoms with van der Waals surface area (Å²) in [6, 6.07) is 19.8. The molecule has 0 aliphatic rings. The highest BCUT2D eigenvalue weighted by molar-refractivity contribution is 5.74. The Bertz CT molecular complexity index is 635. The lowest BCUT2D eigenvalue weighted by atomic mass is 10.0. The largest absolute Gasteiger partial charge is 0.480 e. The summed E-state index contributed by atoms with van der Waals surface area (Å²) in [5.74, 6) is -0.947. The lowest BCUT2D eigenvalue weighted by Gasteiger charge is -2.18. The number of benzene rings is 2. The number of rotatable bonds is 7. The van der Waals surface area contributed by atoms with Gasteiger partial charge in [-0.2, -0.15) is 5.26 Å². The van der Waals surface area contributed by atoms with Gasteiger partial charge in [0.2, 0.25) is 0 Å². The fourth-order valence-corrected chi connectivity index (χ4v) is 2.30. The van der Waals surface area contributed by atoms with Gasteiger partial charge < -0.3 is 5.11 Å². The van der Waals surface area contributed by atoms with Crippen molar-refractivity contribution in [3.8, 4) is 6.07 Å². The van der Waals surface area contributed by atoms with Crippen LogP contribution in [0.1, 0.15) is 11.1 Å². The van der Waals surface area contributed by atoms with Gasteiger partial charge in [-0.15, -0.1) is 0 Å². The van der Waals surface area contributed by atoms with Crippen LogP contribution in [0.15, 0.2) is 60.7 Å². The second-order valence-corrected chi connectivity index (χ2v) is 5.12. The lowest BCUT2D eigenvalue weighted by Crippen LogP contribution is -2.45. The Hall–Kier alpha value is -2.64. The van der Waals surface area contributed by atoms with Crippen LogP contribution in [0.4, 0.5) is 0 Å². The number of carboxylic acid groups (broad SMARTS) is 1. The Morgan fingerprint density at radius 2 is 1.50 bits per heavy atom. The van der Waals surface area contributed by atoms with Gasteiger partial charge in [0, 0.05) is 6.42 Å². The highest BCUT2D eigenvalue weighted by Crippen LogP contribution is 2.07. The number of hydrogen-bond acceptors (Lipinski definition) is 3. The predicted molar refractivity (Wildman–Crippen MR) is 84.3 cm³/mol. The molecule has 0 heterocycles. The average molecular weight is 294 g/mol. The van der Waals surface area contributed by atoms with Crippen LogP contribution in [0.3, 0.4) is 0 Å². The van der Waals surface area contributed by atoms with Crippen LogP contribution in [-0.4, -0.2) is 23.2 Å². The van der Waals surface area contributed by atoms with Crippen molar-refractivity contribution >= 4 is 5.97 Å². The molecule has 0 fully saturated rings. The molecule has 0 amide bonds. The van der Waals surface area contributed by atoms with E-state index in [2.05, 4.69) is 11.4 Å². The molecule has 2 N–H and O–H groups in total. The maximum Gasteiger partial charge on any atom is 0.321 e. The Kier molecular flexibility index (Phi) is 5.70. The molecule has 0 aliphatic carbocycles. The van der Waals surface area contributed by atoms with E-state index in [0.717, 1.165) is 11.1 Å². The van der Waals surface area contributed by atoms with E-state index in [0.29, 0.717) is 12.8 Å². The summed E-state index contributed by atoms with van der Waals surface area (Å²) in [7, 11) is 0. The molecule has 0 spiro atoms. The van der Waals surface area contributed by atoms with Crippen LogP contribution in [0.5, 0.6) is 0 Å². The van der Waals surface area contributed by atoms with Crippen molar-refractivity contribution in [3.63, 3.8) is 0 Å². The maximum absolute atomic E-state index is 11.4. The quantitative estimate of drug-likeness (QED) is 0.822. The molecule has 4 nitrogen and oxygen atoms in total. The van der Waals surface area contributed by atoms with E-state index in [4.69, 9.17) is 0 Å². The fraction of sp³-hybridized carbons (Fsp3) is 0.222. The van der Waals surface area contributed by atoms with Crippen molar-refractivity contribution in [3.05, 3.63) is 71.8 Å². The summed E-state index contributed by atoms with van der Waals surface area (Å²) >= 11 is 0. The van der Waals surface area contributed by atoms with E-state index in [-0.39, 0.29) is 0 Å². The van der Waals surface area contributed by atoms with Crippen molar-refractivity contribution in [2.75, 3.05) is 0 Å². The van der Waals surface area contributed by atoms with E-state index < -0.39 is 18.1 Å². The normalized spacial score (nSPS) is 13.0. The molecule has 4 heteroatoms. The van der Waals surface area contributed by atoms with E-state index >= 15 is 0 Å². The molecule has 0 saturated carbocycles. The minimum absolute atomic E-state index is 0.350. The first-order valence-electron chi connectivity index (χ1n) is 7.15. The third kappa shape index (κ3) is 4.72. The van der Waals surface area contributed by atoms with Gasteiger partial charge in [-0.3, -0.25) is 10.1 Å². The van der Waals surface area contributed by atoms with Crippen molar-refractivity contribution in [2.45, 2.75) is 24.9 Å². The van der Waals surface area contributed by atoms with Gasteiger partial charge >= 0.3 is 5.97 Å². The highest BCUT2D eigenvalue weighted by atomic mass is 16.4. The minimum Gasteiger partial charge on any atom is -0.480 e. The third-order valence-electron chi connectivity index (χ3n) is 3.42. The Morgan fingerprint density at radius 1 is 1.00 bits per heavy atom. The number of hydrogen-bond donors (Lipinski definition) is 2. The average Bonchev–Trinajstić information content (AvgIpc) is 2.55. The standard InChI is InChI=1S/C18H18N2O2/c19-13-16(11-14-7-3-1-4-8-14)20-17(18(21)22)12-15-9-5-2-6-10-15/h1-10,16-17,20H,11-12H2,(H,21,22)/t16?,17-/m0/s1. The number of aliphatic carboxylic acids is 1. The maximum atomic E-state index is 11.4. The first-order chi connectivity index (χ1) is 10.7. The molecular formula is C18H18N2O2. The molecule has 1 unspecified atom stereocenters. The smallest absolute Gasteiger partial charge is 0.321 e. The van der Waals surface area contributed by atoms with Gasteiger partial charge in [-0.1, -0.05) is 60.7 Å². The topological polar surface area (TPSA) is 73.1 Å². The number of carboxylic acids is 1. The summed E-state index contributed by atoms with van der Waals surface area (Å²) < 4.78 is 0. The monoisotopic (exact) mass is 294 g/mol. The van der Waals surface area contributed by atoms with Crippen LogP contribution in [0.2, 0.25) is 0 Å². The molecule has 112 valence electrons. The molecule has 0 aromatic heterocycles. The van der Waals surface area contributed by atoms with Crippen molar-refractivity contribution in [1.82, 2.24) is 5.32 Å². The predicted octanol–water partition coefficient (Wildman–Crippen LogP) is 2.41. The molecule has 0 radical (unpaired) electrons. The second kappa shape index (κ2) is 7.96. The zero-order valence-corrected chi connectivity index (χ0v) is 12.1. The summed E-state index contributed by atoms with van der Waals surface area (Å²) in [5, 5.41) is 21.6. The molecule has 0 bridgehead atoms. The molecule has 0 aliphatic heterocycles. The minimum atomic E-state index is -0.947. The molecule has 2 aromatic carbocycles. The van der Waals surface area contributed by atoms with E-state index in [1.165, 1.54) is 0 Å². The zero-order valence-electron chi connectivity index (χ0n) is 12.1. The van der Waals surface area contributed by atoms with Gasteiger partial charge in [0.1, 0.15) is 6.04 Å². The van der Waals surface area contributed by atoms with Crippen LogP contribution >= 0.6 is 0 Å². The fourth-order valence-electron chi connectivity index (χ4n) is 2.30. The van der Waals surface area contributed by atoms with Gasteiger partial charge in [0.05, 0.1) is 12.1 Å². The second-order valence-electron chi connectivity index (χ2n) is 5.12. The first-order valence-corrected chi connectivity index (χ1v) is 7.15. The third-order valence-corrected chi connectivity index (χ3v) is 3.42. The van der Waals surface area contributed by atoms with Gasteiger partial charge in [-0.05, 0) is 17.5 Å². The van der Waals surface area contributed by atoms with Gasteiger partial charge in [0.15, 0.2) is 0 Å². The summed E-state index contributed by atoms with van der Waals surface area (Å²) in [6.07, 6.45) is 0.832. The Balaban J connectivity index is 2.02. The van der Waals surface area contributed by atoms with Crippen LogP contribution in [0.25, 0.3) is 0 Å². The summed E-state index contributed by atoms with van der Waals surface area (Å²) in [4.78, 5) is 11.4. The first kappa shape index (κ1) is 15.7. The lowest BCUT2D eigenvalue weighted by molar-refractivity contribution is -0.139. The number of nitriles is 1. The molecular weight excluding hydrogens is 276 g/mol. The molecule has 22 heavy (non-hydrogen) atoms. The molecule has 0 saturated heterocycles. The highest BCUT2D eigenvalue weighted by Gasteiger charge is 2.22. The van der Waals surface area contributed by atoms with Crippen LogP contribution in [0, 0.1) is 11.3 Å². The Morgan fingerprint density at radius 3 is 1.95 bits per heavy atom. The van der Waals surface area contributed by atoms with Crippen LogP contribution in [-0.2, 0) is 17.6 Å². The van der Waals surface area contributed by atoms with Gasteiger partial charge in [-0.25, -0.2) is 0 Å². The van der Waals surface area contributed by atoms with E-state index in [1.807, 2.05) is 60.7 Å². The molecule has 2 rings (SSSR count). The van der Waals surface area contributed by atoms with Crippen molar-refractivity contribution in [2.24, 2.45) is 0 Å². The van der Waals surface area contributed by atoms with Crippen molar-refractivity contribution in [1.29, 1.82) is 5.26 Å².